The number of nitrogens with two attached hydrogens (primary N) is 1. The number of unbranched alkanes of at least 4 members (excludes halogenated alkanes) is 2. The van der Waals surface area contributed by atoms with Crippen molar-refractivity contribution in [1.82, 2.24) is 9.97 Å². The minimum Gasteiger partial charge on any atom is -0.493 e. The number of hydrogen-bond donors (Lipinski definition) is 1. The number of hydrogen-bond acceptors (Lipinski definition) is 6. The summed E-state index contributed by atoms with van der Waals surface area (Å²) in [4.78, 5) is 20.8. The molecule has 0 spiro atoms. The number of anilines is 1. The first kappa shape index (κ1) is 18.7. The van der Waals surface area contributed by atoms with Crippen LogP contribution in [0.1, 0.15) is 49.2 Å². The summed E-state index contributed by atoms with van der Waals surface area (Å²) < 4.78 is 11.1. The van der Waals surface area contributed by atoms with Gasteiger partial charge >= 0.3 is 5.97 Å². The maximum atomic E-state index is 12.4. The fraction of sp³-hybridized carbons (Fsp3) is 0.421. The fourth-order valence-corrected chi connectivity index (χ4v) is 2.56. The maximum absolute atomic E-state index is 12.4. The highest BCUT2D eigenvalue weighted by atomic mass is 16.5. The molecule has 0 saturated carbocycles. The lowest BCUT2D eigenvalue weighted by atomic mass is 10.0. The Morgan fingerprint density at radius 1 is 1.16 bits per heavy atom. The number of aromatic nitrogens is 2. The SMILES string of the molecule is CCCCCOc1ccccc1-c1nc(N)nc(C)c1C(=O)OCC. The van der Waals surface area contributed by atoms with Gasteiger partial charge in [0.2, 0.25) is 5.95 Å². The molecule has 2 aromatic rings. The molecule has 0 unspecified atom stereocenters. The molecule has 2 N–H and O–H groups in total. The second kappa shape index (κ2) is 9.01. The van der Waals surface area contributed by atoms with Gasteiger partial charge in [-0.05, 0) is 32.4 Å². The molecule has 1 aromatic carbocycles. The van der Waals surface area contributed by atoms with E-state index in [-0.39, 0.29) is 12.6 Å². The van der Waals surface area contributed by atoms with E-state index < -0.39 is 5.97 Å². The maximum Gasteiger partial charge on any atom is 0.342 e. The van der Waals surface area contributed by atoms with Gasteiger partial charge in [-0.25, -0.2) is 14.8 Å². The Morgan fingerprint density at radius 3 is 2.64 bits per heavy atom. The molecule has 0 amide bonds. The molecule has 25 heavy (non-hydrogen) atoms. The average molecular weight is 343 g/mol. The van der Waals surface area contributed by atoms with Crippen molar-refractivity contribution in [2.45, 2.75) is 40.0 Å². The highest BCUT2D eigenvalue weighted by Crippen LogP contribution is 2.33. The van der Waals surface area contributed by atoms with Crippen LogP contribution in [0.3, 0.4) is 0 Å². The molecule has 0 radical (unpaired) electrons. The van der Waals surface area contributed by atoms with E-state index in [0.717, 1.165) is 19.3 Å². The van der Waals surface area contributed by atoms with Crippen LogP contribution in [-0.2, 0) is 4.74 Å². The van der Waals surface area contributed by atoms with Gasteiger partial charge < -0.3 is 15.2 Å². The summed E-state index contributed by atoms with van der Waals surface area (Å²) >= 11 is 0. The Kier molecular flexibility index (Phi) is 6.74. The summed E-state index contributed by atoms with van der Waals surface area (Å²) in [5.74, 6) is 0.318. The number of esters is 1. The lowest BCUT2D eigenvalue weighted by Gasteiger charge is -2.15. The smallest absolute Gasteiger partial charge is 0.342 e. The number of nitrogen functional groups attached to an aromatic ring is 1. The monoisotopic (exact) mass is 343 g/mol. The van der Waals surface area contributed by atoms with E-state index in [1.807, 2.05) is 24.3 Å². The molecular formula is C19H25N3O3. The summed E-state index contributed by atoms with van der Waals surface area (Å²) in [6, 6.07) is 7.49. The van der Waals surface area contributed by atoms with Crippen molar-refractivity contribution in [2.24, 2.45) is 0 Å². The molecule has 0 aliphatic rings. The lowest BCUT2D eigenvalue weighted by Crippen LogP contribution is -2.13. The Labute approximate surface area is 148 Å². The van der Waals surface area contributed by atoms with E-state index in [4.69, 9.17) is 15.2 Å². The molecule has 0 aliphatic heterocycles. The van der Waals surface area contributed by atoms with Gasteiger partial charge in [-0.2, -0.15) is 0 Å². The molecular weight excluding hydrogens is 318 g/mol. The predicted molar refractivity (Wildman–Crippen MR) is 97.6 cm³/mol. The number of rotatable bonds is 8. The molecule has 6 heteroatoms. The van der Waals surface area contributed by atoms with Crippen molar-refractivity contribution in [1.29, 1.82) is 0 Å². The molecule has 134 valence electrons. The van der Waals surface area contributed by atoms with Crippen molar-refractivity contribution in [3.05, 3.63) is 35.5 Å². The van der Waals surface area contributed by atoms with Crippen LogP contribution in [0.15, 0.2) is 24.3 Å². The normalized spacial score (nSPS) is 10.5. The molecule has 0 saturated heterocycles. The van der Waals surface area contributed by atoms with Gasteiger partial charge in [0, 0.05) is 5.56 Å². The van der Waals surface area contributed by atoms with Gasteiger partial charge in [0.25, 0.3) is 0 Å². The van der Waals surface area contributed by atoms with E-state index in [2.05, 4.69) is 16.9 Å². The van der Waals surface area contributed by atoms with Gasteiger partial charge in [0.05, 0.1) is 24.6 Å². The molecule has 2 rings (SSSR count). The van der Waals surface area contributed by atoms with E-state index in [0.29, 0.717) is 34.9 Å². The van der Waals surface area contributed by atoms with E-state index in [1.54, 1.807) is 13.8 Å². The molecule has 0 bridgehead atoms. The van der Waals surface area contributed by atoms with Gasteiger partial charge in [-0.1, -0.05) is 31.9 Å². The second-order valence-corrected chi connectivity index (χ2v) is 5.66. The number of carbonyl (C=O) groups excluding carboxylic acids is 1. The minimum atomic E-state index is -0.462. The first-order chi connectivity index (χ1) is 12.1. The van der Waals surface area contributed by atoms with Crippen LogP contribution < -0.4 is 10.5 Å². The Bertz CT molecular complexity index is 732. The standard InChI is InChI=1S/C19H25N3O3/c1-4-6-9-12-25-15-11-8-7-10-14(15)17-16(18(23)24-5-2)13(3)21-19(20)22-17/h7-8,10-11H,4-6,9,12H2,1-3H3,(H2,20,21,22). The van der Waals surface area contributed by atoms with Crippen LogP contribution in [0.4, 0.5) is 5.95 Å². The summed E-state index contributed by atoms with van der Waals surface area (Å²) in [5, 5.41) is 0. The Morgan fingerprint density at radius 2 is 1.92 bits per heavy atom. The van der Waals surface area contributed by atoms with Crippen LogP contribution >= 0.6 is 0 Å². The van der Waals surface area contributed by atoms with Crippen molar-refractivity contribution >= 4 is 11.9 Å². The molecule has 0 atom stereocenters. The van der Waals surface area contributed by atoms with Crippen LogP contribution in [0.25, 0.3) is 11.3 Å². The van der Waals surface area contributed by atoms with Gasteiger partial charge in [-0.15, -0.1) is 0 Å². The summed E-state index contributed by atoms with van der Waals surface area (Å²) in [6.45, 7) is 6.51. The predicted octanol–water partition coefficient (Wildman–Crippen LogP) is 3.78. The molecule has 0 fully saturated rings. The molecule has 1 aromatic heterocycles. The zero-order valence-corrected chi connectivity index (χ0v) is 15.0. The molecule has 6 nitrogen and oxygen atoms in total. The van der Waals surface area contributed by atoms with Crippen LogP contribution in [0, 0.1) is 6.92 Å². The number of ether oxygens (including phenoxy) is 2. The van der Waals surface area contributed by atoms with Gasteiger partial charge in [0.15, 0.2) is 0 Å². The van der Waals surface area contributed by atoms with E-state index in [9.17, 15) is 4.79 Å². The quantitative estimate of drug-likeness (QED) is 0.580. The molecule has 1 heterocycles. The molecule has 0 aliphatic carbocycles. The van der Waals surface area contributed by atoms with Crippen molar-refractivity contribution < 1.29 is 14.3 Å². The third-order valence-corrected chi connectivity index (χ3v) is 3.73. The largest absolute Gasteiger partial charge is 0.493 e. The van der Waals surface area contributed by atoms with Crippen LogP contribution in [0.5, 0.6) is 5.75 Å². The number of para-hydroxylation sites is 1. The van der Waals surface area contributed by atoms with Crippen molar-refractivity contribution in [3.8, 4) is 17.0 Å². The highest BCUT2D eigenvalue weighted by molar-refractivity contribution is 5.98. The minimum absolute atomic E-state index is 0.112. The van der Waals surface area contributed by atoms with Crippen LogP contribution in [-0.4, -0.2) is 29.2 Å². The van der Waals surface area contributed by atoms with Crippen molar-refractivity contribution in [3.63, 3.8) is 0 Å². The Balaban J connectivity index is 2.45. The third kappa shape index (κ3) is 4.68. The third-order valence-electron chi connectivity index (χ3n) is 3.73. The summed E-state index contributed by atoms with van der Waals surface area (Å²) in [6.07, 6.45) is 3.20. The number of aryl methyl sites for hydroxylation is 1. The highest BCUT2D eigenvalue weighted by Gasteiger charge is 2.22. The summed E-state index contributed by atoms with van der Waals surface area (Å²) in [5.41, 5.74) is 7.77. The van der Waals surface area contributed by atoms with E-state index in [1.165, 1.54) is 0 Å². The number of benzene rings is 1. The first-order valence-corrected chi connectivity index (χ1v) is 8.61. The second-order valence-electron chi connectivity index (χ2n) is 5.66. The first-order valence-electron chi connectivity index (χ1n) is 8.61. The van der Waals surface area contributed by atoms with Gasteiger partial charge in [-0.3, -0.25) is 0 Å². The van der Waals surface area contributed by atoms with Gasteiger partial charge in [0.1, 0.15) is 11.3 Å². The lowest BCUT2D eigenvalue weighted by molar-refractivity contribution is 0.0525. The number of carbonyl (C=O) groups is 1. The number of nitrogens with zero attached hydrogens (tertiary/aromatic N) is 2. The van der Waals surface area contributed by atoms with Crippen LogP contribution in [0.2, 0.25) is 0 Å². The fourth-order valence-electron chi connectivity index (χ4n) is 2.56. The average Bonchev–Trinajstić information content (AvgIpc) is 2.58. The topological polar surface area (TPSA) is 87.3 Å². The zero-order chi connectivity index (χ0) is 18.2. The summed E-state index contributed by atoms with van der Waals surface area (Å²) in [7, 11) is 0. The zero-order valence-electron chi connectivity index (χ0n) is 15.0. The van der Waals surface area contributed by atoms with E-state index >= 15 is 0 Å². The Hall–Kier alpha value is -2.63. The van der Waals surface area contributed by atoms with Crippen molar-refractivity contribution in [2.75, 3.05) is 18.9 Å².